The maximum atomic E-state index is 12.0. The molecule has 0 aromatic rings. The van der Waals surface area contributed by atoms with Gasteiger partial charge in [0.1, 0.15) is 11.0 Å². The van der Waals surface area contributed by atoms with E-state index in [1.54, 1.807) is 0 Å². The fourth-order valence-electron chi connectivity index (χ4n) is 1.57. The molecule has 0 amide bonds. The van der Waals surface area contributed by atoms with Gasteiger partial charge in [-0.2, -0.15) is 0 Å². The standard InChI is InChI=1S/C11H19NOS/c1-6-8-10-9(7-2)12(10)14(13)11(3,4)5/h2,9-10H,6,8H2,1,3-5H3/t9-,10+,12?,14-/m1/s1. The van der Waals surface area contributed by atoms with E-state index in [1.165, 1.54) is 0 Å². The summed E-state index contributed by atoms with van der Waals surface area (Å²) >= 11 is 0. The van der Waals surface area contributed by atoms with E-state index in [1.807, 2.05) is 25.1 Å². The second kappa shape index (κ2) is 4.04. The molecule has 4 atom stereocenters. The van der Waals surface area contributed by atoms with Crippen molar-refractivity contribution in [2.75, 3.05) is 0 Å². The van der Waals surface area contributed by atoms with Gasteiger partial charge < -0.3 is 0 Å². The van der Waals surface area contributed by atoms with Crippen LogP contribution in [-0.4, -0.2) is 25.3 Å². The van der Waals surface area contributed by atoms with Gasteiger partial charge in [0.15, 0.2) is 0 Å². The molecule has 0 aliphatic carbocycles. The van der Waals surface area contributed by atoms with Crippen LogP contribution in [-0.2, 0) is 11.0 Å². The molecule has 0 saturated carbocycles. The maximum absolute atomic E-state index is 12.0. The van der Waals surface area contributed by atoms with Crippen molar-refractivity contribution >= 4 is 11.0 Å². The normalized spacial score (nSPS) is 33.5. The molecule has 1 aliphatic rings. The lowest BCUT2D eigenvalue weighted by Crippen LogP contribution is -2.28. The second-order valence-electron chi connectivity index (χ2n) is 4.69. The van der Waals surface area contributed by atoms with Crippen LogP contribution < -0.4 is 0 Å². The van der Waals surface area contributed by atoms with Crippen molar-refractivity contribution in [2.24, 2.45) is 0 Å². The first-order valence-electron chi connectivity index (χ1n) is 5.10. The molecular formula is C11H19NOS. The number of terminal acetylenes is 1. The summed E-state index contributed by atoms with van der Waals surface area (Å²) in [6, 6.07) is 0.458. The molecule has 80 valence electrons. The summed E-state index contributed by atoms with van der Waals surface area (Å²) in [5, 5.41) is 0. The fraction of sp³-hybridized carbons (Fsp3) is 0.818. The Balaban J connectivity index is 2.64. The first-order chi connectivity index (χ1) is 6.43. The Morgan fingerprint density at radius 3 is 2.43 bits per heavy atom. The number of rotatable bonds is 3. The Labute approximate surface area is 89.7 Å². The molecule has 1 unspecified atom stereocenters. The van der Waals surface area contributed by atoms with Crippen LogP contribution in [0, 0.1) is 12.3 Å². The van der Waals surface area contributed by atoms with Crippen molar-refractivity contribution in [3.8, 4) is 12.3 Å². The quantitative estimate of drug-likeness (QED) is 0.518. The molecule has 2 nitrogen and oxygen atoms in total. The van der Waals surface area contributed by atoms with Crippen LogP contribution in [0.25, 0.3) is 0 Å². The molecule has 0 N–H and O–H groups in total. The van der Waals surface area contributed by atoms with Gasteiger partial charge >= 0.3 is 0 Å². The Hall–Kier alpha value is -0.330. The van der Waals surface area contributed by atoms with E-state index in [-0.39, 0.29) is 10.8 Å². The van der Waals surface area contributed by atoms with E-state index in [2.05, 4.69) is 12.8 Å². The highest BCUT2D eigenvalue weighted by molar-refractivity contribution is 7.84. The molecule has 0 spiro atoms. The van der Waals surface area contributed by atoms with Crippen molar-refractivity contribution in [1.29, 1.82) is 0 Å². The summed E-state index contributed by atoms with van der Waals surface area (Å²) in [5.41, 5.74) is 0. The van der Waals surface area contributed by atoms with Crippen molar-refractivity contribution in [3.63, 3.8) is 0 Å². The van der Waals surface area contributed by atoms with Gasteiger partial charge in [0, 0.05) is 0 Å². The Bertz CT molecular complexity index is 274. The number of nitrogens with zero attached hydrogens (tertiary/aromatic N) is 1. The van der Waals surface area contributed by atoms with E-state index in [0.29, 0.717) is 6.04 Å². The highest BCUT2D eigenvalue weighted by Gasteiger charge is 2.51. The second-order valence-corrected chi connectivity index (χ2v) is 6.83. The Kier molecular flexibility index (Phi) is 3.39. The topological polar surface area (TPSA) is 20.1 Å². The van der Waals surface area contributed by atoms with Crippen LogP contribution in [0.5, 0.6) is 0 Å². The first-order valence-corrected chi connectivity index (χ1v) is 6.20. The minimum Gasteiger partial charge on any atom is -0.242 e. The van der Waals surface area contributed by atoms with E-state index in [4.69, 9.17) is 6.42 Å². The van der Waals surface area contributed by atoms with Crippen molar-refractivity contribution in [2.45, 2.75) is 57.4 Å². The SMILES string of the molecule is C#C[C@@H]1[C@H](CCC)N1[S@](=O)C(C)(C)C. The highest BCUT2D eigenvalue weighted by atomic mass is 32.2. The molecular weight excluding hydrogens is 194 g/mol. The van der Waals surface area contributed by atoms with Crippen LogP contribution in [0.3, 0.4) is 0 Å². The van der Waals surface area contributed by atoms with Gasteiger partial charge in [-0.1, -0.05) is 19.3 Å². The van der Waals surface area contributed by atoms with Gasteiger partial charge in [0.25, 0.3) is 0 Å². The van der Waals surface area contributed by atoms with Crippen molar-refractivity contribution in [3.05, 3.63) is 0 Å². The van der Waals surface area contributed by atoms with Gasteiger partial charge in [-0.25, -0.2) is 8.51 Å². The lowest BCUT2D eigenvalue weighted by atomic mass is 10.2. The largest absolute Gasteiger partial charge is 0.242 e. The zero-order chi connectivity index (χ0) is 10.9. The third-order valence-corrected chi connectivity index (χ3v) is 4.27. The van der Waals surface area contributed by atoms with Crippen LogP contribution in [0.2, 0.25) is 0 Å². The zero-order valence-corrected chi connectivity index (χ0v) is 10.2. The van der Waals surface area contributed by atoms with Gasteiger partial charge in [0.05, 0.1) is 16.8 Å². The predicted octanol–water partition coefficient (Wildman–Crippen LogP) is 1.93. The lowest BCUT2D eigenvalue weighted by molar-refractivity contribution is 0.592. The molecule has 14 heavy (non-hydrogen) atoms. The third-order valence-electron chi connectivity index (χ3n) is 2.35. The Morgan fingerprint density at radius 2 is 2.07 bits per heavy atom. The van der Waals surface area contributed by atoms with Crippen molar-refractivity contribution in [1.82, 2.24) is 4.31 Å². The molecule has 3 heteroatoms. The molecule has 0 bridgehead atoms. The zero-order valence-electron chi connectivity index (χ0n) is 9.41. The van der Waals surface area contributed by atoms with Gasteiger partial charge in [-0.05, 0) is 27.2 Å². The minimum absolute atomic E-state index is 0.106. The molecule has 0 aromatic carbocycles. The molecule has 0 aromatic heterocycles. The molecule has 1 fully saturated rings. The maximum Gasteiger partial charge on any atom is 0.101 e. The molecule has 0 radical (unpaired) electrons. The summed E-state index contributed by atoms with van der Waals surface area (Å²) in [4.78, 5) is 0. The lowest BCUT2D eigenvalue weighted by Gasteiger charge is -2.18. The van der Waals surface area contributed by atoms with Crippen LogP contribution in [0.4, 0.5) is 0 Å². The number of hydrogen-bond acceptors (Lipinski definition) is 1. The van der Waals surface area contributed by atoms with Gasteiger partial charge in [0.2, 0.25) is 0 Å². The van der Waals surface area contributed by atoms with Gasteiger partial charge in [-0.15, -0.1) is 6.42 Å². The highest BCUT2D eigenvalue weighted by Crippen LogP contribution is 2.37. The summed E-state index contributed by atoms with van der Waals surface area (Å²) in [7, 11) is -0.949. The van der Waals surface area contributed by atoms with Crippen molar-refractivity contribution < 1.29 is 4.21 Å². The average Bonchev–Trinajstić information content (AvgIpc) is 2.76. The summed E-state index contributed by atoms with van der Waals surface area (Å²) in [6.07, 6.45) is 7.55. The minimum atomic E-state index is -0.949. The van der Waals surface area contributed by atoms with Crippen LogP contribution >= 0.6 is 0 Å². The summed E-state index contributed by atoms with van der Waals surface area (Å²) in [5.74, 6) is 2.71. The molecule has 1 saturated heterocycles. The van der Waals surface area contributed by atoms with Crippen LogP contribution in [0.15, 0.2) is 0 Å². The van der Waals surface area contributed by atoms with E-state index >= 15 is 0 Å². The number of hydrogen-bond donors (Lipinski definition) is 0. The molecule has 1 heterocycles. The first kappa shape index (κ1) is 11.7. The molecule has 1 rings (SSSR count). The summed E-state index contributed by atoms with van der Waals surface area (Å²) in [6.45, 7) is 8.08. The van der Waals surface area contributed by atoms with E-state index in [9.17, 15) is 4.21 Å². The van der Waals surface area contributed by atoms with Crippen LogP contribution in [0.1, 0.15) is 40.5 Å². The molecule has 1 aliphatic heterocycles. The third kappa shape index (κ3) is 2.18. The Morgan fingerprint density at radius 1 is 1.50 bits per heavy atom. The van der Waals surface area contributed by atoms with E-state index < -0.39 is 11.0 Å². The monoisotopic (exact) mass is 213 g/mol. The predicted molar refractivity (Wildman–Crippen MR) is 61.1 cm³/mol. The van der Waals surface area contributed by atoms with E-state index in [0.717, 1.165) is 12.8 Å². The smallest absolute Gasteiger partial charge is 0.101 e. The average molecular weight is 213 g/mol. The summed E-state index contributed by atoms with van der Waals surface area (Å²) < 4.78 is 13.8. The fourth-order valence-corrected chi connectivity index (χ4v) is 3.02. The van der Waals surface area contributed by atoms with Gasteiger partial charge in [-0.3, -0.25) is 0 Å².